The maximum absolute atomic E-state index is 13.7. The highest BCUT2D eigenvalue weighted by Gasteiger charge is 2.29. The van der Waals surface area contributed by atoms with Crippen LogP contribution >= 0.6 is 0 Å². The first-order valence-electron chi connectivity index (χ1n) is 8.77. The topological polar surface area (TPSA) is 56.6 Å². The van der Waals surface area contributed by atoms with Crippen LogP contribution in [0.1, 0.15) is 39.3 Å². The number of hydrogen-bond donors (Lipinski definition) is 1. The van der Waals surface area contributed by atoms with Crippen molar-refractivity contribution in [3.05, 3.63) is 76.5 Å². The highest BCUT2D eigenvalue weighted by Crippen LogP contribution is 2.28. The number of benzene rings is 1. The molecule has 27 heavy (non-hydrogen) atoms. The molecule has 142 valence electrons. The first-order valence-corrected chi connectivity index (χ1v) is 9.92. The lowest BCUT2D eigenvalue weighted by atomic mass is 9.97. The van der Waals surface area contributed by atoms with Gasteiger partial charge in [-0.25, -0.2) is 4.39 Å². The number of halogens is 1. The minimum Gasteiger partial charge on any atom is -0.598 e. The van der Waals surface area contributed by atoms with Crippen LogP contribution in [0.25, 0.3) is 16.6 Å². The van der Waals surface area contributed by atoms with Crippen LogP contribution in [-0.2, 0) is 11.4 Å². The van der Waals surface area contributed by atoms with Crippen LogP contribution < -0.4 is 10.3 Å². The number of pyridine rings is 2. The lowest BCUT2D eigenvalue weighted by molar-refractivity contribution is 0.531. The van der Waals surface area contributed by atoms with E-state index < -0.39 is 21.9 Å². The first kappa shape index (κ1) is 19.6. The summed E-state index contributed by atoms with van der Waals surface area (Å²) in [7, 11) is 0. The smallest absolute Gasteiger partial charge is 0.263 e. The van der Waals surface area contributed by atoms with E-state index in [9.17, 15) is 13.7 Å². The highest BCUT2D eigenvalue weighted by molar-refractivity contribution is 7.90. The molecule has 0 aliphatic carbocycles. The van der Waals surface area contributed by atoms with E-state index in [-0.39, 0.29) is 11.6 Å². The van der Waals surface area contributed by atoms with Crippen molar-refractivity contribution in [1.82, 2.24) is 9.12 Å². The Kier molecular flexibility index (Phi) is 5.42. The average Bonchev–Trinajstić information content (AvgIpc) is 2.62. The van der Waals surface area contributed by atoms with Gasteiger partial charge < -0.3 is 4.55 Å². The van der Waals surface area contributed by atoms with Crippen molar-refractivity contribution in [3.63, 3.8) is 0 Å². The van der Waals surface area contributed by atoms with Crippen molar-refractivity contribution in [2.45, 2.75) is 38.5 Å². The zero-order valence-electron chi connectivity index (χ0n) is 15.8. The minimum absolute atomic E-state index is 0.302. The van der Waals surface area contributed by atoms with E-state index in [2.05, 4.69) is 4.72 Å². The van der Waals surface area contributed by atoms with Gasteiger partial charge in [0.2, 0.25) is 0 Å². The molecule has 1 N–H and O–H groups in total. The molecule has 0 amide bonds. The zero-order valence-corrected chi connectivity index (χ0v) is 16.6. The molecule has 3 rings (SSSR count). The molecule has 3 aromatic rings. The molecule has 0 saturated carbocycles. The third-order valence-electron chi connectivity index (χ3n) is 4.34. The molecule has 0 bridgehead atoms. The third kappa shape index (κ3) is 4.08. The normalized spacial score (nSPS) is 14.3. The van der Waals surface area contributed by atoms with Crippen LogP contribution in [-0.4, -0.2) is 13.7 Å². The van der Waals surface area contributed by atoms with Gasteiger partial charge >= 0.3 is 0 Å². The SMILES string of the molecule is CC(N[S@@+]([O-])C(C)(C)C)c1cc2ccc(F)cn2c(=O)c1-c1ccccc1. The van der Waals surface area contributed by atoms with Crippen LogP contribution in [0.5, 0.6) is 0 Å². The summed E-state index contributed by atoms with van der Waals surface area (Å²) in [6.07, 6.45) is 1.19. The van der Waals surface area contributed by atoms with Crippen LogP contribution in [0.4, 0.5) is 4.39 Å². The standard InChI is InChI=1S/C21H23FN2O2S/c1-14(23-27(26)21(2,3)4)18-12-17-11-10-16(22)13-24(17)20(25)19(18)15-8-6-5-7-9-15/h5-14,23H,1-4H3/t14?,27-/m0/s1. The number of nitrogens with one attached hydrogen (secondary N) is 1. The molecular weight excluding hydrogens is 363 g/mol. The molecule has 0 fully saturated rings. The monoisotopic (exact) mass is 386 g/mol. The Labute approximate surface area is 161 Å². The van der Waals surface area contributed by atoms with Gasteiger partial charge in [-0.1, -0.05) is 30.3 Å². The molecule has 0 radical (unpaired) electrons. The predicted molar refractivity (Wildman–Crippen MR) is 109 cm³/mol. The summed E-state index contributed by atoms with van der Waals surface area (Å²) >= 11 is -1.30. The summed E-state index contributed by atoms with van der Waals surface area (Å²) in [5, 5.41) is 0. The number of nitrogens with zero attached hydrogens (tertiary/aromatic N) is 1. The van der Waals surface area contributed by atoms with E-state index in [4.69, 9.17) is 0 Å². The van der Waals surface area contributed by atoms with Gasteiger partial charge in [-0.3, -0.25) is 9.20 Å². The Morgan fingerprint density at radius 3 is 2.44 bits per heavy atom. The Morgan fingerprint density at radius 1 is 1.15 bits per heavy atom. The predicted octanol–water partition coefficient (Wildman–Crippen LogP) is 4.22. The van der Waals surface area contributed by atoms with Crippen molar-refractivity contribution in [3.8, 4) is 11.1 Å². The van der Waals surface area contributed by atoms with Crippen molar-refractivity contribution < 1.29 is 8.94 Å². The molecule has 1 unspecified atom stereocenters. The maximum atomic E-state index is 13.7. The maximum Gasteiger partial charge on any atom is 0.263 e. The van der Waals surface area contributed by atoms with Crippen molar-refractivity contribution in [1.29, 1.82) is 0 Å². The van der Waals surface area contributed by atoms with Crippen molar-refractivity contribution in [2.75, 3.05) is 0 Å². The average molecular weight is 386 g/mol. The fourth-order valence-electron chi connectivity index (χ4n) is 2.89. The lowest BCUT2D eigenvalue weighted by Crippen LogP contribution is -2.41. The molecule has 2 aromatic heterocycles. The first-order chi connectivity index (χ1) is 12.7. The molecule has 0 aliphatic heterocycles. The zero-order chi connectivity index (χ0) is 19.8. The Morgan fingerprint density at radius 2 is 1.81 bits per heavy atom. The molecule has 4 nitrogen and oxygen atoms in total. The summed E-state index contributed by atoms with van der Waals surface area (Å²) in [4.78, 5) is 13.2. The molecule has 1 aromatic carbocycles. The fraction of sp³-hybridized carbons (Fsp3) is 0.286. The number of rotatable bonds is 4. The number of hydrogen-bond acceptors (Lipinski definition) is 3. The van der Waals surface area contributed by atoms with Gasteiger partial charge in [0, 0.05) is 23.1 Å². The minimum atomic E-state index is -1.30. The molecule has 6 heteroatoms. The molecule has 0 aliphatic rings. The number of fused-ring (bicyclic) bond motifs is 1. The van der Waals surface area contributed by atoms with E-state index >= 15 is 0 Å². The quantitative estimate of drug-likeness (QED) is 0.683. The van der Waals surface area contributed by atoms with Gasteiger partial charge in [0.1, 0.15) is 10.6 Å². The molecule has 0 spiro atoms. The van der Waals surface area contributed by atoms with E-state index in [1.165, 1.54) is 16.7 Å². The largest absolute Gasteiger partial charge is 0.598 e. The Hall–Kier alpha value is -2.15. The number of aromatic nitrogens is 1. The molecule has 2 atom stereocenters. The highest BCUT2D eigenvalue weighted by atomic mass is 32.2. The second-order valence-corrected chi connectivity index (χ2v) is 9.51. The molecule has 2 heterocycles. The summed E-state index contributed by atoms with van der Waals surface area (Å²) in [5.41, 5.74) is 2.24. The van der Waals surface area contributed by atoms with E-state index in [1.54, 1.807) is 6.07 Å². The van der Waals surface area contributed by atoms with Crippen LogP contribution in [0, 0.1) is 5.82 Å². The van der Waals surface area contributed by atoms with Crippen LogP contribution in [0.3, 0.4) is 0 Å². The fourth-order valence-corrected chi connectivity index (χ4v) is 3.69. The van der Waals surface area contributed by atoms with Crippen LogP contribution in [0.2, 0.25) is 0 Å². The Balaban J connectivity index is 2.21. The van der Waals surface area contributed by atoms with Crippen LogP contribution in [0.15, 0.2) is 59.5 Å². The molecule has 0 saturated heterocycles. The lowest BCUT2D eigenvalue weighted by Gasteiger charge is -2.27. The van der Waals surface area contributed by atoms with E-state index in [0.29, 0.717) is 11.1 Å². The van der Waals surface area contributed by atoms with Gasteiger partial charge in [0.15, 0.2) is 0 Å². The second-order valence-electron chi connectivity index (χ2n) is 7.51. The third-order valence-corrected chi connectivity index (χ3v) is 6.02. The van der Waals surface area contributed by atoms with E-state index in [0.717, 1.165) is 11.1 Å². The van der Waals surface area contributed by atoms with Gasteiger partial charge in [0.05, 0.1) is 11.6 Å². The van der Waals surface area contributed by atoms with E-state index in [1.807, 2.05) is 64.1 Å². The summed E-state index contributed by atoms with van der Waals surface area (Å²) in [6, 6.07) is 13.7. The van der Waals surface area contributed by atoms with Crippen molar-refractivity contribution >= 4 is 16.9 Å². The summed E-state index contributed by atoms with van der Waals surface area (Å²) < 4.78 is 30.2. The summed E-state index contributed by atoms with van der Waals surface area (Å²) in [5.74, 6) is -0.476. The molecular formula is C21H23FN2O2S. The van der Waals surface area contributed by atoms with Gasteiger partial charge in [0.25, 0.3) is 5.56 Å². The van der Waals surface area contributed by atoms with Gasteiger partial charge in [-0.15, -0.1) is 4.72 Å². The van der Waals surface area contributed by atoms with Gasteiger partial charge in [-0.2, -0.15) is 0 Å². The summed E-state index contributed by atoms with van der Waals surface area (Å²) in [6.45, 7) is 7.54. The van der Waals surface area contributed by atoms with Crippen molar-refractivity contribution in [2.24, 2.45) is 0 Å². The Bertz CT molecular complexity index is 1010. The van der Waals surface area contributed by atoms with Gasteiger partial charge in [-0.05, 0) is 57.0 Å². The second kappa shape index (κ2) is 7.46.